The van der Waals surface area contributed by atoms with Crippen LogP contribution in [0, 0.1) is 11.6 Å². The van der Waals surface area contributed by atoms with Crippen LogP contribution in [0.5, 0.6) is 0 Å². The van der Waals surface area contributed by atoms with Gasteiger partial charge in [0.2, 0.25) is 0 Å². The van der Waals surface area contributed by atoms with E-state index in [1.165, 1.54) is 0 Å². The molecule has 0 heterocycles. The third kappa shape index (κ3) is 1.58. The van der Waals surface area contributed by atoms with Gasteiger partial charge in [-0.05, 0) is 6.42 Å². The number of nitrogens with two attached hydrogens (primary N) is 1. The van der Waals surface area contributed by atoms with Crippen molar-refractivity contribution >= 4 is 28.9 Å². The van der Waals surface area contributed by atoms with Gasteiger partial charge in [-0.1, -0.05) is 30.1 Å². The smallest absolute Gasteiger partial charge is 0.162 e. The summed E-state index contributed by atoms with van der Waals surface area (Å²) in [5, 5.41) is -0.751. The van der Waals surface area contributed by atoms with Crippen LogP contribution in [0.4, 0.5) is 14.5 Å². The van der Waals surface area contributed by atoms with E-state index in [2.05, 4.69) is 0 Å². The molecule has 0 saturated heterocycles. The SMILES string of the molecule is CCc1c(F)c(N)c(Cl)c(F)c1Cl. The molecule has 72 valence electrons. The van der Waals surface area contributed by atoms with Gasteiger partial charge in [0, 0.05) is 5.56 Å². The summed E-state index contributed by atoms with van der Waals surface area (Å²) in [6.45, 7) is 1.65. The lowest BCUT2D eigenvalue weighted by atomic mass is 10.1. The molecule has 13 heavy (non-hydrogen) atoms. The van der Waals surface area contributed by atoms with E-state index in [0.29, 0.717) is 0 Å². The first-order chi connectivity index (χ1) is 6.00. The van der Waals surface area contributed by atoms with Gasteiger partial charge in [0.25, 0.3) is 0 Å². The van der Waals surface area contributed by atoms with Crippen LogP contribution in [0.3, 0.4) is 0 Å². The van der Waals surface area contributed by atoms with Gasteiger partial charge in [-0.2, -0.15) is 0 Å². The van der Waals surface area contributed by atoms with E-state index in [4.69, 9.17) is 28.9 Å². The minimum atomic E-state index is -0.862. The van der Waals surface area contributed by atoms with Crippen molar-refractivity contribution in [2.75, 3.05) is 5.73 Å². The Morgan fingerprint density at radius 2 is 1.69 bits per heavy atom. The molecule has 1 nitrogen and oxygen atoms in total. The highest BCUT2D eigenvalue weighted by Gasteiger charge is 2.19. The van der Waals surface area contributed by atoms with Crippen molar-refractivity contribution in [1.82, 2.24) is 0 Å². The van der Waals surface area contributed by atoms with Crippen LogP contribution >= 0.6 is 23.2 Å². The fraction of sp³-hybridized carbons (Fsp3) is 0.250. The molecule has 0 atom stereocenters. The van der Waals surface area contributed by atoms with Crippen molar-refractivity contribution in [3.05, 3.63) is 27.2 Å². The highest BCUT2D eigenvalue weighted by atomic mass is 35.5. The number of rotatable bonds is 1. The van der Waals surface area contributed by atoms with Crippen molar-refractivity contribution in [3.8, 4) is 0 Å². The van der Waals surface area contributed by atoms with Crippen LogP contribution in [0.25, 0.3) is 0 Å². The van der Waals surface area contributed by atoms with E-state index in [-0.39, 0.29) is 22.7 Å². The van der Waals surface area contributed by atoms with E-state index < -0.39 is 16.7 Å². The van der Waals surface area contributed by atoms with E-state index in [0.717, 1.165) is 0 Å². The average Bonchev–Trinajstić information content (AvgIpc) is 2.13. The largest absolute Gasteiger partial charge is 0.395 e. The Hall–Kier alpha value is -0.540. The predicted octanol–water partition coefficient (Wildman–Crippen LogP) is 3.42. The van der Waals surface area contributed by atoms with Gasteiger partial charge in [0.15, 0.2) is 11.6 Å². The third-order valence-corrected chi connectivity index (χ3v) is 2.51. The monoisotopic (exact) mass is 225 g/mol. The maximum Gasteiger partial charge on any atom is 0.162 e. The number of halogens is 4. The van der Waals surface area contributed by atoms with E-state index >= 15 is 0 Å². The maximum atomic E-state index is 13.2. The molecule has 0 bridgehead atoms. The predicted molar refractivity (Wildman–Crippen MR) is 50.2 cm³/mol. The molecule has 1 aromatic rings. The summed E-state index contributed by atoms with van der Waals surface area (Å²) in [6.07, 6.45) is 0.267. The number of nitrogen functional groups attached to an aromatic ring is 1. The van der Waals surface area contributed by atoms with Crippen molar-refractivity contribution in [1.29, 1.82) is 0 Å². The number of anilines is 1. The first-order valence-electron chi connectivity index (χ1n) is 3.61. The molecule has 1 aromatic carbocycles. The summed E-state index contributed by atoms with van der Waals surface area (Å²) >= 11 is 10.9. The Morgan fingerprint density at radius 1 is 1.15 bits per heavy atom. The molecule has 0 saturated carbocycles. The Kier molecular flexibility index (Phi) is 2.98. The average molecular weight is 226 g/mol. The second kappa shape index (κ2) is 3.68. The molecule has 0 aromatic heterocycles. The number of hydrogen-bond donors (Lipinski definition) is 1. The Morgan fingerprint density at radius 3 is 2.15 bits per heavy atom. The van der Waals surface area contributed by atoms with Crippen LogP contribution in [0.1, 0.15) is 12.5 Å². The van der Waals surface area contributed by atoms with Gasteiger partial charge < -0.3 is 5.73 Å². The standard InChI is InChI=1S/C8H7Cl2F2N/c1-2-3-4(9)7(12)5(10)8(13)6(3)11/h2,13H2,1H3. The molecule has 5 heteroatoms. The lowest BCUT2D eigenvalue weighted by Gasteiger charge is -2.08. The molecule has 0 amide bonds. The van der Waals surface area contributed by atoms with Crippen LogP contribution in [-0.4, -0.2) is 0 Å². The lowest BCUT2D eigenvalue weighted by molar-refractivity contribution is 0.592. The minimum Gasteiger partial charge on any atom is -0.395 e. The number of benzene rings is 1. The quantitative estimate of drug-likeness (QED) is 0.443. The molecule has 0 fully saturated rings. The first-order valence-corrected chi connectivity index (χ1v) is 4.36. The summed E-state index contributed by atoms with van der Waals surface area (Å²) < 4.78 is 26.4. The summed E-state index contributed by atoms with van der Waals surface area (Å²) in [5.74, 6) is -1.60. The Balaban J connectivity index is 3.56. The lowest BCUT2D eigenvalue weighted by Crippen LogP contribution is -2.01. The molecule has 2 N–H and O–H groups in total. The van der Waals surface area contributed by atoms with Crippen molar-refractivity contribution in [3.63, 3.8) is 0 Å². The first kappa shape index (κ1) is 10.5. The molecule has 0 aliphatic heterocycles. The van der Waals surface area contributed by atoms with E-state index in [1.807, 2.05) is 0 Å². The van der Waals surface area contributed by atoms with Gasteiger partial charge >= 0.3 is 0 Å². The second-order valence-electron chi connectivity index (χ2n) is 2.50. The maximum absolute atomic E-state index is 13.2. The Labute approximate surface area is 84.4 Å². The van der Waals surface area contributed by atoms with Crippen molar-refractivity contribution in [2.24, 2.45) is 0 Å². The summed E-state index contributed by atoms with van der Waals surface area (Å²) in [7, 11) is 0. The molecule has 0 aliphatic rings. The van der Waals surface area contributed by atoms with Crippen LogP contribution < -0.4 is 5.73 Å². The van der Waals surface area contributed by atoms with Crippen molar-refractivity contribution in [2.45, 2.75) is 13.3 Å². The molecular weight excluding hydrogens is 219 g/mol. The zero-order chi connectivity index (χ0) is 10.2. The molecule has 0 spiro atoms. The summed E-state index contributed by atoms with van der Waals surface area (Å²) in [4.78, 5) is 0. The highest BCUT2D eigenvalue weighted by molar-refractivity contribution is 6.37. The van der Waals surface area contributed by atoms with Crippen LogP contribution in [0.2, 0.25) is 10.0 Å². The second-order valence-corrected chi connectivity index (χ2v) is 3.26. The fourth-order valence-electron chi connectivity index (χ4n) is 1.01. The summed E-state index contributed by atoms with van der Waals surface area (Å²) in [5.41, 5.74) is 4.89. The molecule has 0 radical (unpaired) electrons. The van der Waals surface area contributed by atoms with Gasteiger partial charge in [-0.15, -0.1) is 0 Å². The molecule has 0 aliphatic carbocycles. The van der Waals surface area contributed by atoms with Crippen molar-refractivity contribution < 1.29 is 8.78 Å². The molecule has 1 rings (SSSR count). The normalized spacial score (nSPS) is 10.5. The van der Waals surface area contributed by atoms with Crippen LogP contribution in [0.15, 0.2) is 0 Å². The molecule has 0 unspecified atom stereocenters. The zero-order valence-electron chi connectivity index (χ0n) is 6.80. The topological polar surface area (TPSA) is 26.0 Å². The van der Waals surface area contributed by atoms with Gasteiger partial charge in [0.1, 0.15) is 5.02 Å². The fourth-order valence-corrected chi connectivity index (χ4v) is 1.55. The van der Waals surface area contributed by atoms with Crippen LogP contribution in [-0.2, 0) is 6.42 Å². The van der Waals surface area contributed by atoms with Gasteiger partial charge in [0.05, 0.1) is 10.7 Å². The van der Waals surface area contributed by atoms with E-state index in [1.54, 1.807) is 6.92 Å². The molecular formula is C8H7Cl2F2N. The van der Waals surface area contributed by atoms with Gasteiger partial charge in [-0.25, -0.2) is 8.78 Å². The number of hydrogen-bond acceptors (Lipinski definition) is 1. The van der Waals surface area contributed by atoms with Gasteiger partial charge in [-0.3, -0.25) is 0 Å². The summed E-state index contributed by atoms with van der Waals surface area (Å²) in [6, 6.07) is 0. The third-order valence-electron chi connectivity index (χ3n) is 1.74. The zero-order valence-corrected chi connectivity index (χ0v) is 8.31. The van der Waals surface area contributed by atoms with E-state index in [9.17, 15) is 8.78 Å². The highest BCUT2D eigenvalue weighted by Crippen LogP contribution is 2.34. The minimum absolute atomic E-state index is 0.0565. The Bertz CT molecular complexity index is 323.